The van der Waals surface area contributed by atoms with E-state index in [-0.39, 0.29) is 10.8 Å². The third-order valence-corrected chi connectivity index (χ3v) is 6.97. The minimum absolute atomic E-state index is 0.0345. The third-order valence-electron chi connectivity index (χ3n) is 5.23. The summed E-state index contributed by atoms with van der Waals surface area (Å²) in [4.78, 5) is 72.3. The van der Waals surface area contributed by atoms with Crippen molar-refractivity contribution in [3.63, 3.8) is 0 Å². The Hall–Kier alpha value is -4.04. The minimum atomic E-state index is -4.40. The summed E-state index contributed by atoms with van der Waals surface area (Å²) in [5.74, 6) is -2.42. The molecule has 47 heavy (non-hydrogen) atoms. The van der Waals surface area contributed by atoms with Gasteiger partial charge in [-0.05, 0) is 76.2 Å². The first-order chi connectivity index (χ1) is 21.2. The van der Waals surface area contributed by atoms with Gasteiger partial charge in [0.1, 0.15) is 28.5 Å². The molecule has 0 bridgehead atoms. The van der Waals surface area contributed by atoms with Crippen LogP contribution in [0, 0.1) is 0 Å². The Kier molecular flexibility index (Phi) is 12.0. The summed E-state index contributed by atoms with van der Waals surface area (Å²) in [6, 6.07) is -2.20. The molecule has 0 radical (unpaired) electrons. The van der Waals surface area contributed by atoms with E-state index in [1.807, 2.05) is 0 Å². The smallest absolute Gasteiger partial charge is 0.422 e. The van der Waals surface area contributed by atoms with Crippen LogP contribution in [0.3, 0.4) is 0 Å². The van der Waals surface area contributed by atoms with Crippen LogP contribution in [0.1, 0.15) is 81.9 Å². The number of oxime groups is 1. The van der Waals surface area contributed by atoms with Crippen LogP contribution in [-0.4, -0.2) is 90.1 Å². The molecule has 2 rings (SSSR count). The Bertz CT molecular complexity index is 1500. The van der Waals surface area contributed by atoms with Gasteiger partial charge in [0.15, 0.2) is 10.8 Å². The number of rotatable bonds is 11. The zero-order valence-corrected chi connectivity index (χ0v) is 29.8. The first-order valence-electron chi connectivity index (χ1n) is 14.2. The van der Waals surface area contributed by atoms with Crippen molar-refractivity contribution in [3.8, 4) is 0 Å². The number of amides is 4. The van der Waals surface area contributed by atoms with E-state index in [0.29, 0.717) is 0 Å². The predicted octanol–water partition coefficient (Wildman–Crippen LogP) is 1.67. The molecule has 1 aliphatic rings. The number of nitrogens with one attached hydrogen (secondary N) is 5. The Morgan fingerprint density at radius 3 is 2.00 bits per heavy atom. The van der Waals surface area contributed by atoms with Gasteiger partial charge in [-0.15, -0.1) is 11.3 Å². The molecule has 20 heteroatoms. The number of nitrogens with zero attached hydrogens (tertiary/aromatic N) is 2. The van der Waals surface area contributed by atoms with Crippen LogP contribution in [-0.2, 0) is 43.6 Å². The molecule has 2 atom stereocenters. The van der Waals surface area contributed by atoms with E-state index in [1.165, 1.54) is 19.2 Å². The Morgan fingerprint density at radius 2 is 1.47 bits per heavy atom. The third kappa shape index (κ3) is 13.3. The normalized spacial score (nSPS) is 17.4. The molecule has 1 aromatic rings. The van der Waals surface area contributed by atoms with Gasteiger partial charge in [-0.2, -0.15) is 13.1 Å². The lowest BCUT2D eigenvalue weighted by atomic mass is 9.99. The van der Waals surface area contributed by atoms with E-state index in [4.69, 9.17) is 19.0 Å². The number of carbonyl (C=O) groups is 5. The van der Waals surface area contributed by atoms with Crippen molar-refractivity contribution in [2.75, 3.05) is 11.9 Å². The first kappa shape index (κ1) is 39.1. The van der Waals surface area contributed by atoms with E-state index in [9.17, 15) is 32.4 Å². The number of anilines is 1. The second kappa shape index (κ2) is 14.4. The summed E-state index contributed by atoms with van der Waals surface area (Å²) in [5.41, 5.74) is -4.86. The molecule has 1 saturated heterocycles. The SMILES string of the molecule is CC(C)(C)OC(=O)Nc1nc(/C(=N/OC(C)(C)C(=O)OC(C)(C)C)C(=O)NC2C(=O)NC2CNS(=O)(=O)NC(=O)OC(C)(C)C)cs1. The van der Waals surface area contributed by atoms with Gasteiger partial charge in [0.05, 0.1) is 6.04 Å². The number of hydrogen-bond acceptors (Lipinski definition) is 14. The summed E-state index contributed by atoms with van der Waals surface area (Å²) >= 11 is 0.924. The highest BCUT2D eigenvalue weighted by atomic mass is 32.2. The van der Waals surface area contributed by atoms with Gasteiger partial charge >= 0.3 is 28.4 Å². The van der Waals surface area contributed by atoms with E-state index in [1.54, 1.807) is 67.0 Å². The summed E-state index contributed by atoms with van der Waals surface area (Å²) in [5, 5.41) is 12.6. The Balaban J connectivity index is 2.26. The molecular weight excluding hydrogens is 662 g/mol. The van der Waals surface area contributed by atoms with Gasteiger partial charge in [0, 0.05) is 11.9 Å². The number of aromatic nitrogens is 1. The first-order valence-corrected chi connectivity index (χ1v) is 16.6. The predicted molar refractivity (Wildman–Crippen MR) is 170 cm³/mol. The van der Waals surface area contributed by atoms with E-state index in [0.717, 1.165) is 11.3 Å². The largest absolute Gasteiger partial charge is 0.457 e. The minimum Gasteiger partial charge on any atom is -0.457 e. The van der Waals surface area contributed by atoms with Crippen LogP contribution < -0.4 is 25.4 Å². The van der Waals surface area contributed by atoms with Crippen LogP contribution in [0.2, 0.25) is 0 Å². The van der Waals surface area contributed by atoms with E-state index < -0.39 is 86.9 Å². The van der Waals surface area contributed by atoms with Crippen LogP contribution >= 0.6 is 11.3 Å². The molecule has 1 aliphatic heterocycles. The number of esters is 1. The summed E-state index contributed by atoms with van der Waals surface area (Å²) < 4.78 is 43.9. The number of thiazole rings is 1. The van der Waals surface area contributed by atoms with E-state index >= 15 is 0 Å². The van der Waals surface area contributed by atoms with Crippen LogP contribution in [0.15, 0.2) is 10.5 Å². The molecule has 264 valence electrons. The zero-order valence-electron chi connectivity index (χ0n) is 28.1. The van der Waals surface area contributed by atoms with Crippen molar-refractivity contribution in [2.24, 2.45) is 5.16 Å². The molecule has 0 saturated carbocycles. The van der Waals surface area contributed by atoms with Gasteiger partial charge in [-0.3, -0.25) is 14.9 Å². The number of carbonyl (C=O) groups excluding carboxylic acids is 5. The molecular formula is C27H43N7O11S2. The van der Waals surface area contributed by atoms with Crippen LogP contribution in [0.25, 0.3) is 0 Å². The maximum absolute atomic E-state index is 13.5. The fourth-order valence-corrected chi connectivity index (χ4v) is 4.68. The maximum atomic E-state index is 13.5. The fraction of sp³-hybridized carbons (Fsp3) is 0.667. The summed E-state index contributed by atoms with van der Waals surface area (Å²) in [6.07, 6.45) is -2.02. The lowest BCUT2D eigenvalue weighted by Gasteiger charge is -2.37. The highest BCUT2D eigenvalue weighted by Gasteiger charge is 2.42. The highest BCUT2D eigenvalue weighted by molar-refractivity contribution is 7.88. The second-order valence-corrected chi connectivity index (χ2v) is 16.1. The lowest BCUT2D eigenvalue weighted by molar-refractivity contribution is -0.179. The zero-order chi connectivity index (χ0) is 36.2. The van der Waals surface area contributed by atoms with Crippen molar-refractivity contribution in [1.82, 2.24) is 25.1 Å². The quantitative estimate of drug-likeness (QED) is 0.0726. The number of ether oxygens (including phenoxy) is 3. The molecule has 0 aromatic carbocycles. The molecule has 0 spiro atoms. The Morgan fingerprint density at radius 1 is 0.915 bits per heavy atom. The molecule has 2 heterocycles. The monoisotopic (exact) mass is 705 g/mol. The molecule has 2 unspecified atom stereocenters. The molecule has 4 amide bonds. The Labute approximate surface area is 277 Å². The van der Waals surface area contributed by atoms with Gasteiger partial charge in [-0.1, -0.05) is 5.16 Å². The summed E-state index contributed by atoms with van der Waals surface area (Å²) in [7, 11) is -4.40. The second-order valence-electron chi connectivity index (χ2n) is 13.7. The standard InChI is InChI=1S/C27H43N7O11S2/c1-24(2,3)42-20(37)27(10,11)45-33-17(15-13-46-21(30-15)32-22(38)43-25(4,5)6)19(36)31-16-14(29-18(16)35)12-28-47(40,41)34-23(39)44-26(7,8)9/h13-14,16,28H,12H2,1-11H3,(H,29,35)(H,31,36)(H,34,39)(H,30,32,38)/b33-17-. The number of β-lactam (4-membered cyclic amide) rings is 1. The van der Waals surface area contributed by atoms with Crippen molar-refractivity contribution in [1.29, 1.82) is 0 Å². The van der Waals surface area contributed by atoms with Crippen LogP contribution in [0.5, 0.6) is 0 Å². The lowest BCUT2D eigenvalue weighted by Crippen LogP contribution is -2.72. The molecule has 1 fully saturated rings. The summed E-state index contributed by atoms with van der Waals surface area (Å²) in [6.45, 7) is 16.9. The maximum Gasteiger partial charge on any atom is 0.422 e. The number of hydrogen-bond donors (Lipinski definition) is 5. The van der Waals surface area contributed by atoms with Gasteiger partial charge in [0.25, 0.3) is 5.91 Å². The molecule has 0 aliphatic carbocycles. The van der Waals surface area contributed by atoms with Gasteiger partial charge < -0.3 is 29.7 Å². The van der Waals surface area contributed by atoms with E-state index in [2.05, 4.69) is 30.8 Å². The fourth-order valence-electron chi connectivity index (χ4n) is 3.26. The molecule has 1 aromatic heterocycles. The molecule has 5 N–H and O–H groups in total. The van der Waals surface area contributed by atoms with Crippen molar-refractivity contribution >= 4 is 62.4 Å². The average molecular weight is 706 g/mol. The highest BCUT2D eigenvalue weighted by Crippen LogP contribution is 2.21. The van der Waals surface area contributed by atoms with Crippen molar-refractivity contribution in [3.05, 3.63) is 11.1 Å². The van der Waals surface area contributed by atoms with Gasteiger partial charge in [0.2, 0.25) is 11.5 Å². The van der Waals surface area contributed by atoms with Crippen molar-refractivity contribution in [2.45, 2.75) is 111 Å². The van der Waals surface area contributed by atoms with Crippen molar-refractivity contribution < 1.29 is 51.4 Å². The average Bonchev–Trinajstić information content (AvgIpc) is 3.28. The topological polar surface area (TPSA) is 242 Å². The van der Waals surface area contributed by atoms with Gasteiger partial charge in [-0.25, -0.2) is 24.1 Å². The van der Waals surface area contributed by atoms with Crippen LogP contribution in [0.4, 0.5) is 14.7 Å². The molecule has 18 nitrogen and oxygen atoms in total.